The summed E-state index contributed by atoms with van der Waals surface area (Å²) in [5.74, 6) is 4.33. The molecule has 0 radical (unpaired) electrons. The number of hydrogen-bond acceptors (Lipinski definition) is 4. The standard InChI is InChI=1S/C24H34O4/c1-14(2)9-15-12-24(8-7-16-10-20(24)23(16,3)4)28-19-11-18(26-5)17(13-25)22(27-6)21(15)19/h11,13-16,20H,7-10,12H2,1-6H3/t15?,16-,20+,24+/m0/s1. The fourth-order valence-electron chi connectivity index (χ4n) is 6.52. The van der Waals surface area contributed by atoms with Gasteiger partial charge in [-0.1, -0.05) is 27.7 Å². The van der Waals surface area contributed by atoms with Crippen LogP contribution in [-0.4, -0.2) is 26.1 Å². The molecule has 3 aliphatic carbocycles. The van der Waals surface area contributed by atoms with Crippen LogP contribution in [0.15, 0.2) is 6.07 Å². The number of hydrogen-bond donors (Lipinski definition) is 0. The molecule has 0 saturated heterocycles. The summed E-state index contributed by atoms with van der Waals surface area (Å²) in [6, 6.07) is 1.92. The van der Waals surface area contributed by atoms with E-state index in [1.165, 1.54) is 12.8 Å². The predicted molar refractivity (Wildman–Crippen MR) is 110 cm³/mol. The maximum atomic E-state index is 11.8. The number of rotatable bonds is 5. The Balaban J connectivity index is 1.86. The first-order valence-corrected chi connectivity index (χ1v) is 10.7. The second kappa shape index (κ2) is 6.67. The van der Waals surface area contributed by atoms with Crippen LogP contribution in [0.5, 0.6) is 17.2 Å². The summed E-state index contributed by atoms with van der Waals surface area (Å²) in [4.78, 5) is 11.8. The van der Waals surface area contributed by atoms with E-state index in [-0.39, 0.29) is 5.60 Å². The second-order valence-electron chi connectivity index (χ2n) is 10.1. The largest absolute Gasteiger partial charge is 0.496 e. The van der Waals surface area contributed by atoms with E-state index in [1.54, 1.807) is 14.2 Å². The highest BCUT2D eigenvalue weighted by atomic mass is 16.5. The molecule has 3 saturated carbocycles. The quantitative estimate of drug-likeness (QED) is 0.616. The molecule has 3 fully saturated rings. The zero-order valence-corrected chi connectivity index (χ0v) is 18.1. The highest BCUT2D eigenvalue weighted by Gasteiger charge is 2.64. The van der Waals surface area contributed by atoms with Gasteiger partial charge < -0.3 is 14.2 Å². The Hall–Kier alpha value is -1.71. The predicted octanol–water partition coefficient (Wildman–Crippen LogP) is 5.62. The second-order valence-corrected chi connectivity index (χ2v) is 10.1. The Labute approximate surface area is 168 Å². The van der Waals surface area contributed by atoms with Crippen molar-refractivity contribution < 1.29 is 19.0 Å². The van der Waals surface area contributed by atoms with Crippen molar-refractivity contribution in [3.8, 4) is 17.2 Å². The van der Waals surface area contributed by atoms with E-state index in [0.29, 0.717) is 40.2 Å². The molecule has 28 heavy (non-hydrogen) atoms. The van der Waals surface area contributed by atoms with Gasteiger partial charge in [-0.15, -0.1) is 0 Å². The molecule has 0 N–H and O–H groups in total. The number of methoxy groups -OCH3 is 2. The molecule has 2 bridgehead atoms. The van der Waals surface area contributed by atoms with Gasteiger partial charge in [0.15, 0.2) is 6.29 Å². The third-order valence-electron chi connectivity index (χ3n) is 7.92. The molecule has 4 aliphatic rings. The van der Waals surface area contributed by atoms with E-state index in [1.807, 2.05) is 6.07 Å². The Bertz CT molecular complexity index is 779. The zero-order valence-electron chi connectivity index (χ0n) is 18.1. The lowest BCUT2D eigenvalue weighted by atomic mass is 9.42. The maximum absolute atomic E-state index is 11.8. The third kappa shape index (κ3) is 2.67. The van der Waals surface area contributed by atoms with Gasteiger partial charge in [0.25, 0.3) is 0 Å². The molecular formula is C24H34O4. The van der Waals surface area contributed by atoms with Gasteiger partial charge in [0.05, 0.1) is 19.8 Å². The summed E-state index contributed by atoms with van der Waals surface area (Å²) in [6.07, 6.45) is 6.57. The molecule has 4 heteroatoms. The fraction of sp³-hybridized carbons (Fsp3) is 0.708. The molecule has 0 amide bonds. The van der Waals surface area contributed by atoms with Crippen LogP contribution in [0.25, 0.3) is 0 Å². The fourth-order valence-corrected chi connectivity index (χ4v) is 6.52. The lowest BCUT2D eigenvalue weighted by Crippen LogP contribution is -2.64. The first-order chi connectivity index (χ1) is 13.3. The van der Waals surface area contributed by atoms with Crippen molar-refractivity contribution in [3.05, 3.63) is 17.2 Å². The van der Waals surface area contributed by atoms with E-state index < -0.39 is 0 Å². The summed E-state index contributed by atoms with van der Waals surface area (Å²) in [6.45, 7) is 9.37. The van der Waals surface area contributed by atoms with Crippen molar-refractivity contribution in [1.29, 1.82) is 0 Å². The highest BCUT2D eigenvalue weighted by Crippen LogP contribution is 2.67. The van der Waals surface area contributed by atoms with Crippen LogP contribution in [0, 0.1) is 23.2 Å². The van der Waals surface area contributed by atoms with Crippen molar-refractivity contribution in [2.24, 2.45) is 23.2 Å². The molecule has 1 aliphatic heterocycles. The minimum absolute atomic E-state index is 0.108. The molecule has 5 rings (SSSR count). The van der Waals surface area contributed by atoms with Gasteiger partial charge in [-0.3, -0.25) is 4.79 Å². The average molecular weight is 387 g/mol. The monoisotopic (exact) mass is 386 g/mol. The molecule has 1 unspecified atom stereocenters. The molecule has 1 heterocycles. The van der Waals surface area contributed by atoms with Crippen LogP contribution in [0.2, 0.25) is 0 Å². The molecule has 1 aromatic carbocycles. The first-order valence-electron chi connectivity index (χ1n) is 10.7. The van der Waals surface area contributed by atoms with E-state index in [2.05, 4.69) is 27.7 Å². The molecule has 4 atom stereocenters. The normalized spacial score (nSPS) is 32.3. The average Bonchev–Trinajstić information content (AvgIpc) is 2.65. The van der Waals surface area contributed by atoms with Gasteiger partial charge in [0.1, 0.15) is 22.8 Å². The number of carbonyl (C=O) groups excluding carboxylic acids is 1. The van der Waals surface area contributed by atoms with E-state index >= 15 is 0 Å². The number of fused-ring (bicyclic) bond motifs is 2. The van der Waals surface area contributed by atoms with Gasteiger partial charge in [0, 0.05) is 17.5 Å². The first kappa shape index (κ1) is 19.6. The summed E-state index contributed by atoms with van der Waals surface area (Å²) in [5, 5.41) is 0. The summed E-state index contributed by atoms with van der Waals surface area (Å²) in [7, 11) is 3.23. The molecule has 0 aromatic heterocycles. The van der Waals surface area contributed by atoms with Gasteiger partial charge in [0.2, 0.25) is 0 Å². The van der Waals surface area contributed by atoms with Crippen molar-refractivity contribution in [2.75, 3.05) is 14.2 Å². The van der Waals surface area contributed by atoms with E-state index in [9.17, 15) is 4.79 Å². The van der Waals surface area contributed by atoms with Crippen LogP contribution in [0.1, 0.15) is 81.6 Å². The van der Waals surface area contributed by atoms with Gasteiger partial charge in [-0.2, -0.15) is 0 Å². The Kier molecular flexibility index (Phi) is 4.67. The van der Waals surface area contributed by atoms with Crippen LogP contribution in [0.3, 0.4) is 0 Å². The van der Waals surface area contributed by atoms with E-state index in [4.69, 9.17) is 14.2 Å². The minimum Gasteiger partial charge on any atom is -0.496 e. The van der Waals surface area contributed by atoms with Crippen molar-refractivity contribution >= 4 is 6.29 Å². The molecular weight excluding hydrogens is 352 g/mol. The van der Waals surface area contributed by atoms with Crippen LogP contribution >= 0.6 is 0 Å². The van der Waals surface area contributed by atoms with Gasteiger partial charge >= 0.3 is 0 Å². The maximum Gasteiger partial charge on any atom is 0.157 e. The third-order valence-corrected chi connectivity index (χ3v) is 7.92. The highest BCUT2D eigenvalue weighted by molar-refractivity contribution is 5.86. The Morgan fingerprint density at radius 3 is 2.57 bits per heavy atom. The van der Waals surface area contributed by atoms with Crippen LogP contribution < -0.4 is 14.2 Å². The summed E-state index contributed by atoms with van der Waals surface area (Å²) < 4.78 is 18.1. The van der Waals surface area contributed by atoms with Crippen molar-refractivity contribution in [1.82, 2.24) is 0 Å². The van der Waals surface area contributed by atoms with Gasteiger partial charge in [-0.25, -0.2) is 0 Å². The number of aldehydes is 1. The van der Waals surface area contributed by atoms with Gasteiger partial charge in [-0.05, 0) is 55.3 Å². The number of carbonyl (C=O) groups is 1. The minimum atomic E-state index is -0.108. The van der Waals surface area contributed by atoms with E-state index in [0.717, 1.165) is 42.8 Å². The summed E-state index contributed by atoms with van der Waals surface area (Å²) >= 11 is 0. The number of ether oxygens (including phenoxy) is 3. The Morgan fingerprint density at radius 1 is 1.29 bits per heavy atom. The number of benzene rings is 1. The summed E-state index contributed by atoms with van der Waals surface area (Å²) in [5.41, 5.74) is 1.78. The molecule has 1 aromatic rings. The zero-order chi connectivity index (χ0) is 20.3. The van der Waals surface area contributed by atoms with Crippen LogP contribution in [-0.2, 0) is 0 Å². The van der Waals surface area contributed by atoms with Crippen molar-refractivity contribution in [2.45, 2.75) is 71.3 Å². The lowest BCUT2D eigenvalue weighted by Gasteiger charge is -2.66. The molecule has 4 nitrogen and oxygen atoms in total. The SMILES string of the molecule is COc1cc2c(c(OC)c1C=O)C(CC(C)C)C[C@@]1(CC[C@H]3C[C@@H]1C3(C)C)O2. The Morgan fingerprint density at radius 2 is 2.04 bits per heavy atom. The smallest absolute Gasteiger partial charge is 0.157 e. The van der Waals surface area contributed by atoms with Crippen molar-refractivity contribution in [3.63, 3.8) is 0 Å². The topological polar surface area (TPSA) is 44.8 Å². The molecule has 1 spiro atoms. The van der Waals surface area contributed by atoms with Crippen LogP contribution in [0.4, 0.5) is 0 Å². The molecule has 154 valence electrons. The lowest BCUT2D eigenvalue weighted by molar-refractivity contribution is -0.198.